The molecule has 0 bridgehead atoms. The summed E-state index contributed by atoms with van der Waals surface area (Å²) in [5.41, 5.74) is 2.70. The van der Waals surface area contributed by atoms with Gasteiger partial charge in [0.2, 0.25) is 0 Å². The summed E-state index contributed by atoms with van der Waals surface area (Å²) in [7, 11) is 0. The molecule has 2 aromatic carbocycles. The number of esters is 1. The number of carbonyl (C=O) groups excluding carboxylic acids is 2. The van der Waals surface area contributed by atoms with E-state index >= 15 is 0 Å². The maximum absolute atomic E-state index is 13.3. The van der Waals surface area contributed by atoms with Gasteiger partial charge < -0.3 is 20.1 Å². The van der Waals surface area contributed by atoms with Gasteiger partial charge in [-0.3, -0.25) is 0 Å². The Morgan fingerprint density at radius 1 is 0.939 bits per heavy atom. The van der Waals surface area contributed by atoms with Gasteiger partial charge >= 0.3 is 12.0 Å². The third-order valence-corrected chi connectivity index (χ3v) is 6.28. The normalized spacial score (nSPS) is 19.7. The van der Waals surface area contributed by atoms with E-state index in [1.807, 2.05) is 54.6 Å². The van der Waals surface area contributed by atoms with E-state index in [0.717, 1.165) is 36.8 Å². The van der Waals surface area contributed by atoms with Crippen LogP contribution in [0.2, 0.25) is 0 Å². The van der Waals surface area contributed by atoms with Gasteiger partial charge in [0.15, 0.2) is 0 Å². The fourth-order valence-corrected chi connectivity index (χ4v) is 4.53. The van der Waals surface area contributed by atoms with Crippen LogP contribution in [-0.2, 0) is 16.1 Å². The van der Waals surface area contributed by atoms with Crippen molar-refractivity contribution in [1.29, 1.82) is 0 Å². The Morgan fingerprint density at radius 3 is 2.36 bits per heavy atom. The van der Waals surface area contributed by atoms with Crippen LogP contribution in [0, 0.1) is 0 Å². The first kappa shape index (κ1) is 22.9. The highest BCUT2D eigenvalue weighted by Crippen LogP contribution is 2.34. The second kappa shape index (κ2) is 11.0. The van der Waals surface area contributed by atoms with Gasteiger partial charge in [0.1, 0.15) is 18.5 Å². The largest absolute Gasteiger partial charge is 0.489 e. The minimum atomic E-state index is -0.647. The lowest BCUT2D eigenvalue weighted by molar-refractivity contribution is -0.145. The summed E-state index contributed by atoms with van der Waals surface area (Å²) in [5.74, 6) is 0.242. The van der Waals surface area contributed by atoms with E-state index in [1.54, 1.807) is 6.92 Å². The fourth-order valence-electron chi connectivity index (χ4n) is 4.53. The molecule has 1 heterocycles. The lowest BCUT2D eigenvalue weighted by Crippen LogP contribution is -2.45. The fraction of sp³-hybridized carbons (Fsp3) is 0.407. The summed E-state index contributed by atoms with van der Waals surface area (Å²) < 4.78 is 12.1. The number of rotatable bonds is 6. The van der Waals surface area contributed by atoms with Crippen molar-refractivity contribution in [3.8, 4) is 5.75 Å². The molecule has 0 unspecified atom stereocenters. The molecule has 0 aromatic heterocycles. The molecule has 0 radical (unpaired) electrons. The second-order valence-corrected chi connectivity index (χ2v) is 8.75. The SMILES string of the molecule is CC1=C(C(=O)OC2CCCCCCC2)[C@@H](c2ccccc2OCc2ccccc2)NC(=O)N1. The first-order valence-corrected chi connectivity index (χ1v) is 11.9. The zero-order chi connectivity index (χ0) is 23.0. The number of allylic oxidation sites excluding steroid dienone is 1. The summed E-state index contributed by atoms with van der Waals surface area (Å²) >= 11 is 0. The summed E-state index contributed by atoms with van der Waals surface area (Å²) in [6.07, 6.45) is 7.46. The van der Waals surface area contributed by atoms with Crippen molar-refractivity contribution in [2.45, 2.75) is 70.6 Å². The highest BCUT2D eigenvalue weighted by molar-refractivity contribution is 5.95. The Morgan fingerprint density at radius 2 is 1.61 bits per heavy atom. The lowest BCUT2D eigenvalue weighted by atomic mass is 9.94. The van der Waals surface area contributed by atoms with Crippen LogP contribution in [0.15, 0.2) is 65.9 Å². The average Bonchev–Trinajstić information content (AvgIpc) is 2.79. The molecule has 6 heteroatoms. The molecule has 2 amide bonds. The number of benzene rings is 2. The van der Waals surface area contributed by atoms with E-state index in [9.17, 15) is 9.59 Å². The van der Waals surface area contributed by atoms with Crippen molar-refractivity contribution in [2.24, 2.45) is 0 Å². The maximum atomic E-state index is 13.3. The molecule has 2 aromatic rings. The third-order valence-electron chi connectivity index (χ3n) is 6.28. The highest BCUT2D eigenvalue weighted by Gasteiger charge is 2.35. The number of ether oxygens (including phenoxy) is 2. The first-order chi connectivity index (χ1) is 16.1. The summed E-state index contributed by atoms with van der Waals surface area (Å²) in [4.78, 5) is 25.7. The van der Waals surface area contributed by atoms with Gasteiger partial charge in [0.05, 0.1) is 11.6 Å². The van der Waals surface area contributed by atoms with Crippen LogP contribution in [0.25, 0.3) is 0 Å². The molecule has 1 atom stereocenters. The average molecular weight is 449 g/mol. The molecule has 0 spiro atoms. The Labute approximate surface area is 195 Å². The van der Waals surface area contributed by atoms with Crippen LogP contribution in [-0.4, -0.2) is 18.1 Å². The number of hydrogen-bond acceptors (Lipinski definition) is 4. The Bertz CT molecular complexity index is 994. The predicted molar refractivity (Wildman–Crippen MR) is 127 cm³/mol. The van der Waals surface area contributed by atoms with Crippen molar-refractivity contribution >= 4 is 12.0 Å². The molecule has 2 aliphatic rings. The molecule has 1 aliphatic heterocycles. The van der Waals surface area contributed by atoms with Gasteiger partial charge in [0.25, 0.3) is 0 Å². The van der Waals surface area contributed by atoms with E-state index in [-0.39, 0.29) is 18.1 Å². The number of nitrogens with one attached hydrogen (secondary N) is 2. The van der Waals surface area contributed by atoms with Crippen molar-refractivity contribution in [3.05, 3.63) is 77.0 Å². The maximum Gasteiger partial charge on any atom is 0.338 e. The lowest BCUT2D eigenvalue weighted by Gasteiger charge is -2.30. The van der Waals surface area contributed by atoms with Gasteiger partial charge in [-0.15, -0.1) is 0 Å². The Hall–Kier alpha value is -3.28. The van der Waals surface area contributed by atoms with Gasteiger partial charge in [-0.1, -0.05) is 67.8 Å². The zero-order valence-electron chi connectivity index (χ0n) is 19.1. The van der Waals surface area contributed by atoms with Gasteiger partial charge in [0, 0.05) is 11.3 Å². The Balaban J connectivity index is 1.57. The first-order valence-electron chi connectivity index (χ1n) is 11.9. The monoisotopic (exact) mass is 448 g/mol. The summed E-state index contributed by atoms with van der Waals surface area (Å²) in [5, 5.41) is 5.64. The van der Waals surface area contributed by atoms with Crippen molar-refractivity contribution in [3.63, 3.8) is 0 Å². The topological polar surface area (TPSA) is 76.7 Å². The number of urea groups is 1. The molecule has 4 rings (SSSR count). The van der Waals surface area contributed by atoms with E-state index in [2.05, 4.69) is 10.6 Å². The molecular weight excluding hydrogens is 416 g/mol. The highest BCUT2D eigenvalue weighted by atomic mass is 16.5. The van der Waals surface area contributed by atoms with E-state index in [1.165, 1.54) is 19.3 Å². The molecule has 174 valence electrons. The number of carbonyl (C=O) groups is 2. The number of amides is 2. The predicted octanol–water partition coefficient (Wildman–Crippen LogP) is 5.55. The standard InChI is InChI=1S/C27H32N2O4/c1-19-24(26(30)33-21-14-8-3-2-4-9-15-21)25(29-27(31)28-19)22-16-10-11-17-23(22)32-18-20-12-6-5-7-13-20/h5-7,10-13,16-17,21,25H,2-4,8-9,14-15,18H2,1H3,(H2,28,29,31)/t25-/m1/s1. The van der Waals surface area contributed by atoms with Crippen LogP contribution < -0.4 is 15.4 Å². The third kappa shape index (κ3) is 5.95. The van der Waals surface area contributed by atoms with E-state index < -0.39 is 6.04 Å². The zero-order valence-corrected chi connectivity index (χ0v) is 19.1. The quantitative estimate of drug-likeness (QED) is 0.568. The second-order valence-electron chi connectivity index (χ2n) is 8.75. The van der Waals surface area contributed by atoms with Gasteiger partial charge in [-0.05, 0) is 44.2 Å². The molecular formula is C27H32N2O4. The molecule has 33 heavy (non-hydrogen) atoms. The van der Waals surface area contributed by atoms with Gasteiger partial charge in [-0.2, -0.15) is 0 Å². The van der Waals surface area contributed by atoms with Crippen LogP contribution in [0.3, 0.4) is 0 Å². The minimum Gasteiger partial charge on any atom is -0.489 e. The van der Waals surface area contributed by atoms with E-state index in [0.29, 0.717) is 23.6 Å². The molecule has 6 nitrogen and oxygen atoms in total. The van der Waals surface area contributed by atoms with E-state index in [4.69, 9.17) is 9.47 Å². The molecule has 1 fully saturated rings. The minimum absolute atomic E-state index is 0.0825. The Kier molecular flexibility index (Phi) is 7.66. The van der Waals surface area contributed by atoms with Crippen LogP contribution in [0.1, 0.15) is 69.0 Å². The molecule has 0 saturated heterocycles. The number of para-hydroxylation sites is 1. The smallest absolute Gasteiger partial charge is 0.338 e. The number of hydrogen-bond donors (Lipinski definition) is 2. The van der Waals surface area contributed by atoms with Crippen LogP contribution in [0.5, 0.6) is 5.75 Å². The van der Waals surface area contributed by atoms with Crippen LogP contribution >= 0.6 is 0 Å². The summed E-state index contributed by atoms with van der Waals surface area (Å²) in [6.45, 7) is 2.13. The van der Waals surface area contributed by atoms with Crippen molar-refractivity contribution in [1.82, 2.24) is 10.6 Å². The molecule has 1 saturated carbocycles. The van der Waals surface area contributed by atoms with Crippen molar-refractivity contribution < 1.29 is 19.1 Å². The molecule has 1 aliphatic carbocycles. The van der Waals surface area contributed by atoms with Crippen molar-refractivity contribution in [2.75, 3.05) is 0 Å². The summed E-state index contributed by atoms with van der Waals surface area (Å²) in [6, 6.07) is 16.4. The van der Waals surface area contributed by atoms with Gasteiger partial charge in [-0.25, -0.2) is 9.59 Å². The van der Waals surface area contributed by atoms with Crippen LogP contribution in [0.4, 0.5) is 4.79 Å². The molecule has 2 N–H and O–H groups in total.